The third kappa shape index (κ3) is 3.77. The molecular formula is C16H22Cl2N4O2. The van der Waals surface area contributed by atoms with Crippen LogP contribution in [-0.4, -0.2) is 56.6 Å². The molecule has 0 aliphatic carbocycles. The van der Waals surface area contributed by atoms with Gasteiger partial charge in [-0.25, -0.2) is 4.79 Å². The number of carbonyl (C=O) groups excluding carboxylic acids is 2. The molecule has 1 aromatic carbocycles. The van der Waals surface area contributed by atoms with E-state index >= 15 is 0 Å². The molecule has 8 heteroatoms. The van der Waals surface area contributed by atoms with E-state index in [0.717, 1.165) is 26.1 Å². The molecule has 132 valence electrons. The molecule has 24 heavy (non-hydrogen) atoms. The second-order valence-corrected chi connectivity index (χ2v) is 6.42. The summed E-state index contributed by atoms with van der Waals surface area (Å²) in [5.74, 6) is 0.501. The van der Waals surface area contributed by atoms with Crippen LogP contribution < -0.4 is 15.5 Å². The lowest BCUT2D eigenvalue weighted by Gasteiger charge is -2.20. The first kappa shape index (κ1) is 18.8. The van der Waals surface area contributed by atoms with E-state index in [1.165, 1.54) is 0 Å². The molecule has 1 unspecified atom stereocenters. The SMILES string of the molecule is CNCC1CCN(C(=O)c2ccc(Cl)c(N3CCNC3=O)c2)C1.Cl. The smallest absolute Gasteiger partial charge is 0.322 e. The van der Waals surface area contributed by atoms with E-state index in [-0.39, 0.29) is 24.3 Å². The summed E-state index contributed by atoms with van der Waals surface area (Å²) in [5.41, 5.74) is 1.17. The molecule has 0 saturated carbocycles. The Bertz CT molecular complexity index is 626. The van der Waals surface area contributed by atoms with Crippen molar-refractivity contribution in [3.8, 4) is 0 Å². The Morgan fingerprint density at radius 1 is 1.42 bits per heavy atom. The molecule has 1 atom stereocenters. The summed E-state index contributed by atoms with van der Waals surface area (Å²) in [7, 11) is 1.93. The van der Waals surface area contributed by atoms with Gasteiger partial charge in [-0.2, -0.15) is 0 Å². The molecule has 2 fully saturated rings. The minimum absolute atomic E-state index is 0. The standard InChI is InChI=1S/C16H21ClN4O2.ClH/c1-18-9-11-4-6-20(10-11)15(22)12-2-3-13(17)14(8-12)21-7-5-19-16(21)23;/h2-3,8,11,18H,4-7,9-10H2,1H3,(H,19,23);1H. The van der Waals surface area contributed by atoms with Crippen LogP contribution in [0.4, 0.5) is 10.5 Å². The summed E-state index contributed by atoms with van der Waals surface area (Å²) in [6.07, 6.45) is 1.02. The van der Waals surface area contributed by atoms with Crippen LogP contribution in [0.15, 0.2) is 18.2 Å². The maximum absolute atomic E-state index is 12.7. The molecule has 0 radical (unpaired) electrons. The van der Waals surface area contributed by atoms with E-state index in [9.17, 15) is 9.59 Å². The van der Waals surface area contributed by atoms with Crippen molar-refractivity contribution in [2.24, 2.45) is 5.92 Å². The van der Waals surface area contributed by atoms with Gasteiger partial charge in [0.25, 0.3) is 5.91 Å². The molecule has 3 amide bonds. The number of hydrogen-bond donors (Lipinski definition) is 2. The van der Waals surface area contributed by atoms with Crippen molar-refractivity contribution < 1.29 is 9.59 Å². The monoisotopic (exact) mass is 372 g/mol. The van der Waals surface area contributed by atoms with Crippen LogP contribution in [0.3, 0.4) is 0 Å². The van der Waals surface area contributed by atoms with Gasteiger partial charge < -0.3 is 15.5 Å². The number of hydrogen-bond acceptors (Lipinski definition) is 3. The van der Waals surface area contributed by atoms with Crippen LogP contribution in [0.25, 0.3) is 0 Å². The normalized spacial score (nSPS) is 20.1. The van der Waals surface area contributed by atoms with Crippen molar-refractivity contribution in [1.82, 2.24) is 15.5 Å². The van der Waals surface area contributed by atoms with Gasteiger partial charge in [-0.1, -0.05) is 11.6 Å². The molecule has 1 aromatic rings. The van der Waals surface area contributed by atoms with Crippen LogP contribution in [0, 0.1) is 5.92 Å². The number of benzene rings is 1. The number of urea groups is 1. The molecule has 0 spiro atoms. The minimum Gasteiger partial charge on any atom is -0.338 e. The molecule has 3 rings (SSSR count). The molecule has 0 aromatic heterocycles. The highest BCUT2D eigenvalue weighted by Gasteiger charge is 2.28. The Kier molecular flexibility index (Phi) is 6.32. The Morgan fingerprint density at radius 3 is 2.88 bits per heavy atom. The summed E-state index contributed by atoms with van der Waals surface area (Å²) in [6, 6.07) is 4.97. The zero-order chi connectivity index (χ0) is 16.4. The van der Waals surface area contributed by atoms with E-state index in [0.29, 0.717) is 35.3 Å². The lowest BCUT2D eigenvalue weighted by molar-refractivity contribution is 0.0787. The fraction of sp³-hybridized carbons (Fsp3) is 0.500. The van der Waals surface area contributed by atoms with E-state index in [1.807, 2.05) is 11.9 Å². The van der Waals surface area contributed by atoms with Gasteiger partial charge in [0.15, 0.2) is 0 Å². The van der Waals surface area contributed by atoms with E-state index in [4.69, 9.17) is 11.6 Å². The second kappa shape index (κ2) is 8.05. The first-order valence-electron chi connectivity index (χ1n) is 7.89. The highest BCUT2D eigenvalue weighted by molar-refractivity contribution is 6.34. The van der Waals surface area contributed by atoms with Crippen LogP contribution in [0.5, 0.6) is 0 Å². The van der Waals surface area contributed by atoms with Gasteiger partial charge in [0.1, 0.15) is 0 Å². The number of likely N-dealkylation sites (tertiary alicyclic amines) is 1. The number of amides is 3. The Labute approximate surface area is 152 Å². The third-order valence-electron chi connectivity index (χ3n) is 4.41. The number of anilines is 1. The van der Waals surface area contributed by atoms with Gasteiger partial charge >= 0.3 is 6.03 Å². The molecule has 0 bridgehead atoms. The molecular weight excluding hydrogens is 351 g/mol. The zero-order valence-electron chi connectivity index (χ0n) is 13.5. The molecule has 2 saturated heterocycles. The average molecular weight is 373 g/mol. The number of carbonyl (C=O) groups is 2. The van der Waals surface area contributed by atoms with Crippen molar-refractivity contribution in [2.75, 3.05) is 44.7 Å². The van der Waals surface area contributed by atoms with Crippen molar-refractivity contribution >= 4 is 41.6 Å². The molecule has 2 aliphatic rings. The van der Waals surface area contributed by atoms with Crippen molar-refractivity contribution in [1.29, 1.82) is 0 Å². The predicted octanol–water partition coefficient (Wildman–Crippen LogP) is 1.97. The van der Waals surface area contributed by atoms with Crippen LogP contribution in [-0.2, 0) is 0 Å². The second-order valence-electron chi connectivity index (χ2n) is 6.01. The molecule has 2 N–H and O–H groups in total. The predicted molar refractivity (Wildman–Crippen MR) is 97.4 cm³/mol. The van der Waals surface area contributed by atoms with Gasteiger partial charge in [-0.3, -0.25) is 9.69 Å². The highest BCUT2D eigenvalue weighted by Crippen LogP contribution is 2.29. The summed E-state index contributed by atoms with van der Waals surface area (Å²) < 4.78 is 0. The van der Waals surface area contributed by atoms with Crippen molar-refractivity contribution in [3.63, 3.8) is 0 Å². The summed E-state index contributed by atoms with van der Waals surface area (Å²) in [5, 5.41) is 6.39. The van der Waals surface area contributed by atoms with E-state index in [2.05, 4.69) is 10.6 Å². The fourth-order valence-electron chi connectivity index (χ4n) is 3.21. The minimum atomic E-state index is -0.174. The van der Waals surface area contributed by atoms with Crippen LogP contribution in [0.1, 0.15) is 16.8 Å². The topological polar surface area (TPSA) is 64.7 Å². The average Bonchev–Trinajstić information content (AvgIpc) is 3.17. The fourth-order valence-corrected chi connectivity index (χ4v) is 3.43. The van der Waals surface area contributed by atoms with Gasteiger partial charge in [0, 0.05) is 31.7 Å². The third-order valence-corrected chi connectivity index (χ3v) is 4.73. The van der Waals surface area contributed by atoms with Crippen molar-refractivity contribution in [3.05, 3.63) is 28.8 Å². The quantitative estimate of drug-likeness (QED) is 0.848. The zero-order valence-corrected chi connectivity index (χ0v) is 15.1. The van der Waals surface area contributed by atoms with Crippen LogP contribution >= 0.6 is 24.0 Å². The molecule has 2 heterocycles. The largest absolute Gasteiger partial charge is 0.338 e. The first-order chi connectivity index (χ1) is 11.1. The van der Waals surface area contributed by atoms with Gasteiger partial charge in [-0.15, -0.1) is 12.4 Å². The summed E-state index contributed by atoms with van der Waals surface area (Å²) in [4.78, 5) is 28.0. The maximum atomic E-state index is 12.7. The summed E-state index contributed by atoms with van der Waals surface area (Å²) in [6.45, 7) is 3.61. The first-order valence-corrected chi connectivity index (χ1v) is 8.26. The van der Waals surface area contributed by atoms with Crippen molar-refractivity contribution in [2.45, 2.75) is 6.42 Å². The van der Waals surface area contributed by atoms with E-state index in [1.54, 1.807) is 23.1 Å². The Balaban J connectivity index is 0.00000208. The van der Waals surface area contributed by atoms with Gasteiger partial charge in [-0.05, 0) is 44.1 Å². The van der Waals surface area contributed by atoms with Crippen LogP contribution in [0.2, 0.25) is 5.02 Å². The maximum Gasteiger partial charge on any atom is 0.322 e. The highest BCUT2D eigenvalue weighted by atomic mass is 35.5. The Morgan fingerprint density at radius 2 is 2.21 bits per heavy atom. The van der Waals surface area contributed by atoms with E-state index < -0.39 is 0 Å². The van der Waals surface area contributed by atoms with Gasteiger partial charge in [0.05, 0.1) is 10.7 Å². The van der Waals surface area contributed by atoms with Gasteiger partial charge in [0.2, 0.25) is 0 Å². The lowest BCUT2D eigenvalue weighted by Crippen LogP contribution is -2.31. The molecule has 6 nitrogen and oxygen atoms in total. The summed E-state index contributed by atoms with van der Waals surface area (Å²) >= 11 is 6.22. The number of nitrogens with zero attached hydrogens (tertiary/aromatic N) is 2. The Hall–Kier alpha value is -1.50. The number of rotatable bonds is 4. The number of halogens is 2. The number of nitrogens with one attached hydrogen (secondary N) is 2. The lowest BCUT2D eigenvalue weighted by atomic mass is 10.1. The molecule has 2 aliphatic heterocycles.